The van der Waals surface area contributed by atoms with Gasteiger partial charge in [0.1, 0.15) is 5.69 Å². The molecule has 0 aliphatic carbocycles. The molecule has 0 aromatic carbocycles. The van der Waals surface area contributed by atoms with E-state index in [0.29, 0.717) is 71.5 Å². The number of fused-ring (bicyclic) bond motifs is 2. The van der Waals surface area contributed by atoms with Crippen LogP contribution in [0.1, 0.15) is 21.7 Å². The van der Waals surface area contributed by atoms with E-state index in [0.717, 1.165) is 5.69 Å². The first-order valence-electron chi connectivity index (χ1n) is 10.8. The minimum Gasteiger partial charge on any atom is -0.463 e. The minimum absolute atomic E-state index is 0.0757. The van der Waals surface area contributed by atoms with Gasteiger partial charge in [0.2, 0.25) is 0 Å². The van der Waals surface area contributed by atoms with Crippen molar-refractivity contribution in [3.8, 4) is 11.5 Å². The van der Waals surface area contributed by atoms with E-state index >= 15 is 0 Å². The van der Waals surface area contributed by atoms with Crippen molar-refractivity contribution in [1.82, 2.24) is 29.3 Å². The van der Waals surface area contributed by atoms with E-state index in [9.17, 15) is 9.59 Å². The van der Waals surface area contributed by atoms with Gasteiger partial charge in [0.15, 0.2) is 10.7 Å². The number of rotatable bonds is 4. The summed E-state index contributed by atoms with van der Waals surface area (Å²) in [6.45, 7) is 4.85. The number of piperazine rings is 1. The van der Waals surface area contributed by atoms with Gasteiger partial charge in [0, 0.05) is 50.4 Å². The first kappa shape index (κ1) is 20.8. The van der Waals surface area contributed by atoms with Crippen LogP contribution in [0.25, 0.3) is 27.5 Å². The first-order valence-corrected chi connectivity index (χ1v) is 11.7. The Morgan fingerprint density at radius 1 is 1.18 bits per heavy atom. The lowest BCUT2D eigenvalue weighted by Crippen LogP contribution is -2.48. The second-order valence-corrected chi connectivity index (χ2v) is 9.06. The summed E-state index contributed by atoms with van der Waals surface area (Å²) < 4.78 is 12.4. The fourth-order valence-electron chi connectivity index (χ4n) is 4.29. The van der Waals surface area contributed by atoms with E-state index in [-0.39, 0.29) is 11.5 Å². The summed E-state index contributed by atoms with van der Waals surface area (Å²) >= 11 is 1.44. The van der Waals surface area contributed by atoms with Crippen LogP contribution in [0.3, 0.4) is 0 Å². The third-order valence-electron chi connectivity index (χ3n) is 6.02. The zero-order valence-corrected chi connectivity index (χ0v) is 19.1. The number of nitrogens with zero attached hydrogens (tertiary/aromatic N) is 6. The predicted molar refractivity (Wildman–Crippen MR) is 125 cm³/mol. The Labute approximate surface area is 197 Å². The van der Waals surface area contributed by atoms with Crippen LogP contribution in [0.4, 0.5) is 0 Å². The van der Waals surface area contributed by atoms with Crippen LogP contribution >= 0.6 is 11.3 Å². The quantitative estimate of drug-likeness (QED) is 0.389. The Hall–Kier alpha value is -3.83. The van der Waals surface area contributed by atoms with E-state index in [4.69, 9.17) is 8.94 Å². The number of aryl methyl sites for hydroxylation is 1. The van der Waals surface area contributed by atoms with Gasteiger partial charge in [0.25, 0.3) is 17.2 Å². The van der Waals surface area contributed by atoms with Crippen molar-refractivity contribution in [2.24, 2.45) is 0 Å². The highest BCUT2D eigenvalue weighted by molar-refractivity contribution is 7.15. The molecule has 1 amide bonds. The summed E-state index contributed by atoms with van der Waals surface area (Å²) in [5, 5.41) is 6.48. The highest BCUT2D eigenvalue weighted by Gasteiger charge is 2.27. The monoisotopic (exact) mass is 476 g/mol. The Morgan fingerprint density at radius 3 is 2.82 bits per heavy atom. The third-order valence-corrected chi connectivity index (χ3v) is 6.78. The minimum atomic E-state index is -0.0949. The second-order valence-electron chi connectivity index (χ2n) is 8.19. The molecule has 0 N–H and O–H groups in total. The van der Waals surface area contributed by atoms with Gasteiger partial charge in [-0.3, -0.25) is 18.9 Å². The van der Waals surface area contributed by atoms with Crippen molar-refractivity contribution in [2.45, 2.75) is 13.5 Å². The van der Waals surface area contributed by atoms with Gasteiger partial charge in [-0.05, 0) is 25.1 Å². The van der Waals surface area contributed by atoms with Crippen molar-refractivity contribution in [3.63, 3.8) is 0 Å². The van der Waals surface area contributed by atoms with Gasteiger partial charge in [-0.25, -0.2) is 9.97 Å². The molecule has 0 unspecified atom stereocenters. The number of furan rings is 1. The molecule has 5 aromatic heterocycles. The van der Waals surface area contributed by atoms with Crippen molar-refractivity contribution >= 4 is 33.3 Å². The number of aromatic nitrogens is 4. The molecule has 6 rings (SSSR count). The Bertz CT molecular complexity index is 1560. The summed E-state index contributed by atoms with van der Waals surface area (Å²) in [6, 6.07) is 6.88. The normalized spacial score (nSPS) is 14.9. The first-order chi connectivity index (χ1) is 16.6. The van der Waals surface area contributed by atoms with Crippen LogP contribution in [0.5, 0.6) is 0 Å². The Kier molecular flexibility index (Phi) is 5.00. The van der Waals surface area contributed by atoms with E-state index < -0.39 is 0 Å². The lowest BCUT2D eigenvalue weighted by atomic mass is 10.1. The van der Waals surface area contributed by atoms with Gasteiger partial charge < -0.3 is 13.8 Å². The molecule has 11 heteroatoms. The maximum absolute atomic E-state index is 13.5. The molecule has 0 spiro atoms. The molecule has 0 bridgehead atoms. The average molecular weight is 477 g/mol. The van der Waals surface area contributed by atoms with Gasteiger partial charge in [-0.2, -0.15) is 0 Å². The van der Waals surface area contributed by atoms with E-state index in [2.05, 4.69) is 20.0 Å². The molecule has 1 fully saturated rings. The maximum atomic E-state index is 13.5. The zero-order chi connectivity index (χ0) is 23.2. The largest absolute Gasteiger partial charge is 0.463 e. The van der Waals surface area contributed by atoms with Crippen molar-refractivity contribution in [2.75, 3.05) is 26.2 Å². The van der Waals surface area contributed by atoms with Crippen LogP contribution in [0.15, 0.2) is 55.8 Å². The lowest BCUT2D eigenvalue weighted by molar-refractivity contribution is 0.0629. The smallest absolute Gasteiger partial charge is 0.259 e. The van der Waals surface area contributed by atoms with Crippen molar-refractivity contribution < 1.29 is 13.7 Å². The van der Waals surface area contributed by atoms with Gasteiger partial charge in [-0.1, -0.05) is 5.16 Å². The van der Waals surface area contributed by atoms with E-state index in [1.807, 2.05) is 10.3 Å². The molecular formula is C23H20N6O4S. The van der Waals surface area contributed by atoms with Gasteiger partial charge >= 0.3 is 0 Å². The number of carbonyl (C=O) groups excluding carboxylic acids is 1. The molecule has 0 radical (unpaired) electrons. The van der Waals surface area contributed by atoms with E-state index in [1.165, 1.54) is 11.3 Å². The predicted octanol–water partition coefficient (Wildman–Crippen LogP) is 2.82. The molecule has 1 aliphatic rings. The molecule has 172 valence electrons. The summed E-state index contributed by atoms with van der Waals surface area (Å²) in [6.07, 6.45) is 3.29. The highest BCUT2D eigenvalue weighted by Crippen LogP contribution is 2.28. The summed E-state index contributed by atoms with van der Waals surface area (Å²) in [4.78, 5) is 39.6. The molecule has 1 aliphatic heterocycles. The second kappa shape index (κ2) is 8.19. The van der Waals surface area contributed by atoms with Crippen LogP contribution < -0.4 is 5.56 Å². The van der Waals surface area contributed by atoms with Gasteiger partial charge in [-0.15, -0.1) is 11.3 Å². The molecule has 0 saturated carbocycles. The van der Waals surface area contributed by atoms with Crippen molar-refractivity contribution in [3.05, 3.63) is 69.4 Å². The lowest BCUT2D eigenvalue weighted by Gasteiger charge is -2.34. The van der Waals surface area contributed by atoms with Crippen LogP contribution in [0, 0.1) is 6.92 Å². The summed E-state index contributed by atoms with van der Waals surface area (Å²) in [7, 11) is 0. The Balaban J connectivity index is 1.21. The molecule has 0 atom stereocenters. The van der Waals surface area contributed by atoms with Gasteiger partial charge in [0.05, 0.1) is 28.6 Å². The highest BCUT2D eigenvalue weighted by atomic mass is 32.1. The Morgan fingerprint density at radius 2 is 2.03 bits per heavy atom. The molecule has 5 aromatic rings. The SMILES string of the molecule is Cc1noc2nc(-c3ccco3)cc(C(=O)N3CCN(Cc4cc(=O)n5ccsc5n4)CC3)c12. The molecule has 34 heavy (non-hydrogen) atoms. The van der Waals surface area contributed by atoms with Crippen LogP contribution in [-0.4, -0.2) is 61.4 Å². The standard InChI is InChI=1S/C23H20N6O4S/c1-14-20-16(12-17(18-3-2-9-32-18)25-21(20)33-26-14)22(31)28-6-4-27(5-7-28)13-15-11-19(30)29-8-10-34-23(29)24-15/h2-3,8-12H,4-7,13H2,1H3. The molecule has 10 nitrogen and oxygen atoms in total. The number of hydrogen-bond donors (Lipinski definition) is 0. The maximum Gasteiger partial charge on any atom is 0.259 e. The van der Waals surface area contributed by atoms with Crippen LogP contribution in [0.2, 0.25) is 0 Å². The number of amides is 1. The number of pyridine rings is 1. The topological polar surface area (TPSA) is 110 Å². The fourth-order valence-corrected chi connectivity index (χ4v) is 5.03. The molecular weight excluding hydrogens is 456 g/mol. The molecule has 1 saturated heterocycles. The zero-order valence-electron chi connectivity index (χ0n) is 18.3. The summed E-state index contributed by atoms with van der Waals surface area (Å²) in [5.41, 5.74) is 2.63. The number of hydrogen-bond acceptors (Lipinski definition) is 9. The number of thiazole rings is 1. The van der Waals surface area contributed by atoms with E-state index in [1.54, 1.807) is 48.0 Å². The van der Waals surface area contributed by atoms with Crippen molar-refractivity contribution in [1.29, 1.82) is 0 Å². The van der Waals surface area contributed by atoms with Crippen LogP contribution in [-0.2, 0) is 6.54 Å². The third kappa shape index (κ3) is 3.58. The number of carbonyl (C=O) groups is 1. The average Bonchev–Trinajstić information content (AvgIpc) is 3.60. The fraction of sp³-hybridized carbons (Fsp3) is 0.261. The molecule has 6 heterocycles. The summed E-state index contributed by atoms with van der Waals surface area (Å²) in [5.74, 6) is 0.462.